The van der Waals surface area contributed by atoms with E-state index in [0.717, 1.165) is 26.4 Å². The van der Waals surface area contributed by atoms with Gasteiger partial charge in [-0.05, 0) is 41.0 Å². The number of rotatable bonds is 2. The van der Waals surface area contributed by atoms with Gasteiger partial charge in [-0.3, -0.25) is 0 Å². The molecular formula is C24H15BrO. The summed E-state index contributed by atoms with van der Waals surface area (Å²) in [5.74, 6) is 0. The molecule has 1 aromatic heterocycles. The maximum absolute atomic E-state index is 8.44. The lowest BCUT2D eigenvalue weighted by atomic mass is 9.95. The van der Waals surface area contributed by atoms with Crippen LogP contribution >= 0.6 is 15.9 Å². The highest BCUT2D eigenvalue weighted by atomic mass is 79.9. The van der Waals surface area contributed by atoms with Gasteiger partial charge in [0.15, 0.2) is 0 Å². The molecule has 0 aliphatic heterocycles. The largest absolute Gasteiger partial charge is 0.455 e. The molecule has 0 saturated heterocycles. The topological polar surface area (TPSA) is 13.1 Å². The van der Waals surface area contributed by atoms with Crippen molar-refractivity contribution in [3.8, 4) is 22.3 Å². The summed E-state index contributed by atoms with van der Waals surface area (Å²) in [7, 11) is 0. The molecule has 5 rings (SSSR count). The Morgan fingerprint density at radius 2 is 1.46 bits per heavy atom. The predicted molar refractivity (Wildman–Crippen MR) is 112 cm³/mol. The second-order valence-electron chi connectivity index (χ2n) is 5.97. The van der Waals surface area contributed by atoms with Crippen LogP contribution in [0.25, 0.3) is 44.2 Å². The minimum Gasteiger partial charge on any atom is -0.455 e. The van der Waals surface area contributed by atoms with E-state index in [-0.39, 0.29) is 29.7 Å². The third-order valence-corrected chi connectivity index (χ3v) is 4.98. The Morgan fingerprint density at radius 3 is 2.27 bits per heavy atom. The lowest BCUT2D eigenvalue weighted by Gasteiger charge is -2.08. The molecule has 0 fully saturated rings. The fraction of sp³-hybridized carbons (Fsp3) is 0. The molecule has 26 heavy (non-hydrogen) atoms. The van der Waals surface area contributed by atoms with E-state index < -0.39 is 6.04 Å². The van der Waals surface area contributed by atoms with Gasteiger partial charge in [0.1, 0.15) is 11.2 Å². The molecule has 1 heterocycles. The number of hydrogen-bond acceptors (Lipinski definition) is 1. The Labute approximate surface area is 167 Å². The lowest BCUT2D eigenvalue weighted by molar-refractivity contribution is 0.670. The first-order valence-electron chi connectivity index (χ1n) is 10.7. The van der Waals surface area contributed by atoms with E-state index in [1.807, 2.05) is 60.7 Å². The molecule has 124 valence electrons. The monoisotopic (exact) mass is 403 g/mol. The van der Waals surface area contributed by atoms with Crippen LogP contribution in [-0.4, -0.2) is 0 Å². The molecule has 0 N–H and O–H groups in total. The quantitative estimate of drug-likeness (QED) is 0.294. The van der Waals surface area contributed by atoms with E-state index in [1.165, 1.54) is 0 Å². The molecule has 0 aliphatic rings. The number of hydrogen-bond donors (Lipinski definition) is 0. The summed E-state index contributed by atoms with van der Waals surface area (Å²) in [6.07, 6.45) is 0. The van der Waals surface area contributed by atoms with E-state index >= 15 is 0 Å². The molecule has 1 nitrogen and oxygen atoms in total. The van der Waals surface area contributed by atoms with Crippen molar-refractivity contribution < 1.29 is 11.3 Å². The van der Waals surface area contributed by atoms with Crippen molar-refractivity contribution in [1.29, 1.82) is 0 Å². The zero-order chi connectivity index (χ0) is 21.9. The smallest absolute Gasteiger partial charge is 0.143 e. The molecule has 0 spiro atoms. The minimum absolute atomic E-state index is 0.171. The fourth-order valence-electron chi connectivity index (χ4n) is 3.28. The Balaban J connectivity index is 1.93. The molecule has 0 amide bonds. The van der Waals surface area contributed by atoms with Crippen LogP contribution in [0.1, 0.15) is 6.85 Å². The first-order chi connectivity index (χ1) is 14.9. The van der Waals surface area contributed by atoms with Gasteiger partial charge < -0.3 is 4.42 Å². The van der Waals surface area contributed by atoms with Crippen LogP contribution in [0.15, 0.2) is 99.8 Å². The van der Waals surface area contributed by atoms with Crippen molar-refractivity contribution in [2.24, 2.45) is 0 Å². The molecule has 0 saturated carbocycles. The van der Waals surface area contributed by atoms with Gasteiger partial charge in [-0.25, -0.2) is 0 Å². The van der Waals surface area contributed by atoms with Crippen molar-refractivity contribution in [2.75, 3.05) is 0 Å². The predicted octanol–water partition coefficient (Wildman–Crippen LogP) is 7.68. The molecule has 0 atom stereocenters. The summed E-state index contributed by atoms with van der Waals surface area (Å²) in [6, 6.07) is 17.6. The zero-order valence-corrected chi connectivity index (χ0v) is 15.1. The van der Waals surface area contributed by atoms with Crippen LogP contribution in [0.3, 0.4) is 0 Å². The van der Waals surface area contributed by atoms with E-state index in [9.17, 15) is 0 Å². The van der Waals surface area contributed by atoms with Crippen molar-refractivity contribution in [1.82, 2.24) is 0 Å². The molecule has 0 aliphatic carbocycles. The maximum atomic E-state index is 8.44. The normalized spacial score (nSPS) is 14.0. The first-order valence-corrected chi connectivity index (χ1v) is 8.95. The van der Waals surface area contributed by atoms with Crippen LogP contribution in [0.2, 0.25) is 0 Å². The highest BCUT2D eigenvalue weighted by molar-refractivity contribution is 9.10. The number of halogens is 1. The number of fused-ring (bicyclic) bond motifs is 3. The van der Waals surface area contributed by atoms with Crippen molar-refractivity contribution >= 4 is 37.9 Å². The van der Waals surface area contributed by atoms with Gasteiger partial charge >= 0.3 is 0 Å². The highest BCUT2D eigenvalue weighted by Gasteiger charge is 2.16. The molecule has 4 aromatic carbocycles. The van der Waals surface area contributed by atoms with E-state index in [4.69, 9.17) is 11.3 Å². The van der Waals surface area contributed by atoms with Crippen LogP contribution < -0.4 is 0 Å². The molecule has 0 bridgehead atoms. The van der Waals surface area contributed by atoms with Gasteiger partial charge in [0.2, 0.25) is 0 Å². The summed E-state index contributed by atoms with van der Waals surface area (Å²) in [5, 5.41) is 1.56. The van der Waals surface area contributed by atoms with Crippen LogP contribution in [-0.2, 0) is 0 Å². The van der Waals surface area contributed by atoms with Crippen LogP contribution in [0, 0.1) is 0 Å². The average molecular weight is 404 g/mol. The first kappa shape index (κ1) is 11.0. The second kappa shape index (κ2) is 6.15. The van der Waals surface area contributed by atoms with Gasteiger partial charge in [0.05, 0.1) is 6.85 Å². The van der Waals surface area contributed by atoms with Crippen LogP contribution in [0.5, 0.6) is 0 Å². The number of para-hydroxylation sites is 1. The summed E-state index contributed by atoms with van der Waals surface area (Å²) >= 11 is 3.46. The Hall–Kier alpha value is -2.84. The second-order valence-corrected chi connectivity index (χ2v) is 6.89. The zero-order valence-electron chi connectivity index (χ0n) is 18.6. The van der Waals surface area contributed by atoms with Gasteiger partial charge in [-0.2, -0.15) is 0 Å². The summed E-state index contributed by atoms with van der Waals surface area (Å²) in [6.45, 7) is 0. The molecule has 5 aromatic rings. The van der Waals surface area contributed by atoms with E-state index in [0.29, 0.717) is 16.7 Å². The molecule has 0 unspecified atom stereocenters. The van der Waals surface area contributed by atoms with Gasteiger partial charge in [-0.15, -0.1) is 0 Å². The highest BCUT2D eigenvalue weighted by Crippen LogP contribution is 2.41. The van der Waals surface area contributed by atoms with Gasteiger partial charge in [0, 0.05) is 20.8 Å². The van der Waals surface area contributed by atoms with E-state index in [1.54, 1.807) is 0 Å². The minimum atomic E-state index is -0.404. The summed E-state index contributed by atoms with van der Waals surface area (Å²) < 4.78 is 48.1. The third kappa shape index (κ3) is 2.46. The van der Waals surface area contributed by atoms with Gasteiger partial charge in [0.25, 0.3) is 0 Å². The standard InChI is InChI=1S/C24H15BrO/c25-18-12-10-17(11-13-18)20-15-14-19(16-6-2-1-3-7-16)23-21-8-4-5-9-22(21)26-24(20)23/h1-15H/i1D,2D,3D,6D,7D. The van der Waals surface area contributed by atoms with E-state index in [2.05, 4.69) is 15.9 Å². The Morgan fingerprint density at radius 1 is 0.731 bits per heavy atom. The third-order valence-electron chi connectivity index (χ3n) is 4.45. The molecular weight excluding hydrogens is 384 g/mol. The Bertz CT molecular complexity index is 1460. The summed E-state index contributed by atoms with van der Waals surface area (Å²) in [4.78, 5) is 0. The SMILES string of the molecule is [2H]c1c([2H])c([2H])c(-c2ccc(-c3ccc(Br)cc3)c3oc4ccccc4c23)c([2H])c1[2H]. The van der Waals surface area contributed by atoms with Crippen molar-refractivity contribution in [3.05, 3.63) is 95.3 Å². The molecule has 0 radical (unpaired) electrons. The average Bonchev–Trinajstić information content (AvgIpc) is 3.17. The summed E-state index contributed by atoms with van der Waals surface area (Å²) in [5.41, 5.74) is 3.85. The molecule has 2 heteroatoms. The van der Waals surface area contributed by atoms with Crippen molar-refractivity contribution in [2.45, 2.75) is 0 Å². The van der Waals surface area contributed by atoms with Crippen LogP contribution in [0.4, 0.5) is 0 Å². The number of furan rings is 1. The maximum Gasteiger partial charge on any atom is 0.143 e. The fourth-order valence-corrected chi connectivity index (χ4v) is 3.54. The lowest BCUT2D eigenvalue weighted by Crippen LogP contribution is -1.83. The van der Waals surface area contributed by atoms with Gasteiger partial charge in [-0.1, -0.05) is 82.5 Å². The number of benzene rings is 4. The Kier molecular flexibility index (Phi) is 2.60. The van der Waals surface area contributed by atoms with Crippen molar-refractivity contribution in [3.63, 3.8) is 0 Å².